The minimum Gasteiger partial charge on any atom is -0.481 e. The van der Waals surface area contributed by atoms with Crippen LogP contribution in [0.3, 0.4) is 0 Å². The molecule has 1 aromatic carbocycles. The van der Waals surface area contributed by atoms with Crippen molar-refractivity contribution in [2.75, 3.05) is 79.0 Å². The molecule has 0 spiro atoms. The van der Waals surface area contributed by atoms with Crippen molar-refractivity contribution < 1.29 is 78.2 Å². The summed E-state index contributed by atoms with van der Waals surface area (Å²) in [4.78, 5) is 126. The first-order valence-electron chi connectivity index (χ1n) is 24.9. The van der Waals surface area contributed by atoms with Crippen molar-refractivity contribution in [3.05, 3.63) is 35.9 Å². The molecule has 1 aliphatic rings. The fourth-order valence-electron chi connectivity index (χ4n) is 7.77. The third kappa shape index (κ3) is 30.9. The molecule has 1 aromatic rings. The Morgan fingerprint density at radius 3 is 1.68 bits per heavy atom. The second-order valence-electron chi connectivity index (χ2n) is 18.1. The lowest BCUT2D eigenvalue weighted by atomic mass is 10.1. The van der Waals surface area contributed by atoms with Gasteiger partial charge in [-0.3, -0.25) is 38.6 Å². The zero-order valence-electron chi connectivity index (χ0n) is 41.9. The number of amides is 5. The van der Waals surface area contributed by atoms with Crippen LogP contribution >= 0.6 is 0 Å². The van der Waals surface area contributed by atoms with Gasteiger partial charge in [-0.1, -0.05) is 43.2 Å². The predicted octanol–water partition coefficient (Wildman–Crippen LogP) is 0.265. The van der Waals surface area contributed by atoms with Crippen LogP contribution in [0.25, 0.3) is 0 Å². The highest BCUT2D eigenvalue weighted by molar-refractivity contribution is 5.86. The second kappa shape index (κ2) is 36.5. The fraction of sp³-hybridized carbons (Fsp3) is 0.667. The van der Waals surface area contributed by atoms with Crippen LogP contribution in [0, 0.1) is 0 Å². The second-order valence-corrected chi connectivity index (χ2v) is 18.1. The van der Waals surface area contributed by atoms with Crippen molar-refractivity contribution in [1.82, 2.24) is 46.6 Å². The zero-order chi connectivity index (χ0) is 54.0. The number of carbonyl (C=O) groups is 10. The van der Waals surface area contributed by atoms with E-state index >= 15 is 0 Å². The largest absolute Gasteiger partial charge is 0.481 e. The summed E-state index contributed by atoms with van der Waals surface area (Å²) in [5.41, 5.74) is 0.768. The molecule has 0 saturated carbocycles. The molecule has 1 fully saturated rings. The van der Waals surface area contributed by atoms with Crippen molar-refractivity contribution in [2.24, 2.45) is 0 Å². The minimum absolute atomic E-state index is 0.00157. The average molecular weight is 1040 g/mol. The van der Waals surface area contributed by atoms with Crippen LogP contribution in [0.4, 0.5) is 4.79 Å². The molecule has 73 heavy (non-hydrogen) atoms. The van der Waals surface area contributed by atoms with E-state index in [0.717, 1.165) is 5.56 Å². The Kier molecular flexibility index (Phi) is 31.3. The summed E-state index contributed by atoms with van der Waals surface area (Å²) in [5, 5.41) is 62.5. The molecular formula is C48H77N9O16. The molecule has 0 aliphatic carbocycles. The Bertz CT molecular complexity index is 1910. The van der Waals surface area contributed by atoms with Gasteiger partial charge in [0.05, 0.1) is 13.1 Å². The number of rotatable bonds is 34. The molecule has 25 nitrogen and oxygen atoms in total. The number of benzene rings is 1. The van der Waals surface area contributed by atoms with Gasteiger partial charge in [0.2, 0.25) is 17.7 Å². The van der Waals surface area contributed by atoms with Gasteiger partial charge in [0.1, 0.15) is 24.7 Å². The highest BCUT2D eigenvalue weighted by Gasteiger charge is 2.27. The number of nitrogens with one attached hydrogen (secondary N) is 6. The fourth-order valence-corrected chi connectivity index (χ4v) is 7.77. The first-order chi connectivity index (χ1) is 34.8. The van der Waals surface area contributed by atoms with Crippen molar-refractivity contribution in [2.45, 2.75) is 127 Å². The average Bonchev–Trinajstić information content (AvgIpc) is 3.32. The predicted molar refractivity (Wildman–Crippen MR) is 263 cm³/mol. The first kappa shape index (κ1) is 62.7. The lowest BCUT2D eigenvalue weighted by Crippen LogP contribution is -2.51. The minimum atomic E-state index is -1.51. The number of likely N-dealkylation sites (N-methyl/N-ethyl adjacent to an activating group) is 1. The number of ether oxygens (including phenoxy) is 1. The van der Waals surface area contributed by atoms with Crippen molar-refractivity contribution >= 4 is 59.6 Å². The molecule has 1 aliphatic heterocycles. The molecule has 4 atom stereocenters. The smallest absolute Gasteiger partial charge is 0.328 e. The van der Waals surface area contributed by atoms with E-state index in [1.165, 1.54) is 0 Å². The quantitative estimate of drug-likeness (QED) is 0.0326. The molecule has 0 radical (unpaired) electrons. The maximum atomic E-state index is 13.6. The third-order valence-electron chi connectivity index (χ3n) is 11.8. The van der Waals surface area contributed by atoms with Gasteiger partial charge in [0, 0.05) is 90.6 Å². The zero-order valence-corrected chi connectivity index (χ0v) is 41.9. The Hall–Kier alpha value is -6.44. The Morgan fingerprint density at radius 2 is 1.12 bits per heavy atom. The van der Waals surface area contributed by atoms with Crippen LogP contribution in [0.2, 0.25) is 0 Å². The van der Waals surface area contributed by atoms with Gasteiger partial charge in [-0.05, 0) is 70.4 Å². The van der Waals surface area contributed by atoms with Crippen LogP contribution in [0.1, 0.15) is 102 Å². The van der Waals surface area contributed by atoms with Gasteiger partial charge in [-0.2, -0.15) is 0 Å². The van der Waals surface area contributed by atoms with Gasteiger partial charge < -0.3 is 67.1 Å². The summed E-state index contributed by atoms with van der Waals surface area (Å²) < 4.78 is 5.60. The summed E-state index contributed by atoms with van der Waals surface area (Å²) in [6, 6.07) is 3.70. The standard InChI is InChI=1S/C48H77N9O16/c1-55-24-23-49-35(30-57(32-44(65)66)28-27-56(26-25-55)31-43(63)64)29-41(60)52-38(47(71)73-33-34-13-5-4-6-14-34)16-10-12-22-51-40(59)18-8-3-2-7-17-39(58)50-21-11-9-15-36(45(67)68)53-48(72)54-37(46(69)70)19-20-42(61)62/h4-6,13-14,35-38,49H,2-3,7-12,15-33H2,1H3,(H,50,58)(H,51,59)(H,52,60)(H,61,62)(H,63,64)(H,65,66)(H,67,68)(H,69,70)(H2,53,54,72)/t35?,36-,37-,38?/m0/s1. The Balaban J connectivity index is 1.76. The van der Waals surface area contributed by atoms with E-state index in [1.807, 2.05) is 42.3 Å². The van der Waals surface area contributed by atoms with E-state index in [4.69, 9.17) is 9.84 Å². The van der Waals surface area contributed by atoms with Gasteiger partial charge in [-0.15, -0.1) is 0 Å². The number of urea groups is 1. The van der Waals surface area contributed by atoms with Crippen LogP contribution in [-0.2, 0) is 54.5 Å². The number of hydrogen-bond acceptors (Lipinski definition) is 15. The van der Waals surface area contributed by atoms with E-state index in [-0.39, 0.29) is 89.7 Å². The van der Waals surface area contributed by atoms with Crippen LogP contribution in [0.5, 0.6) is 0 Å². The lowest BCUT2D eigenvalue weighted by molar-refractivity contribution is -0.149. The number of nitrogens with zero attached hydrogens (tertiary/aromatic N) is 3. The third-order valence-corrected chi connectivity index (χ3v) is 11.8. The molecule has 5 amide bonds. The number of carbonyl (C=O) groups excluding carboxylic acids is 5. The number of carboxylic acid groups (broad SMARTS) is 5. The molecule has 2 unspecified atom stereocenters. The van der Waals surface area contributed by atoms with Gasteiger partial charge in [0.25, 0.3) is 0 Å². The van der Waals surface area contributed by atoms with Gasteiger partial charge >= 0.3 is 41.8 Å². The van der Waals surface area contributed by atoms with Crippen LogP contribution in [-0.4, -0.2) is 203 Å². The van der Waals surface area contributed by atoms with E-state index in [9.17, 15) is 68.4 Å². The van der Waals surface area contributed by atoms with E-state index in [2.05, 4.69) is 31.9 Å². The topological polar surface area (TPSA) is 363 Å². The molecule has 0 aromatic heterocycles. The van der Waals surface area contributed by atoms with Gasteiger partial charge in [-0.25, -0.2) is 19.2 Å². The molecule has 1 saturated heterocycles. The number of aliphatic carboxylic acids is 5. The van der Waals surface area contributed by atoms with E-state index < -0.39 is 78.3 Å². The molecule has 25 heteroatoms. The van der Waals surface area contributed by atoms with Gasteiger partial charge in [0.15, 0.2) is 0 Å². The maximum Gasteiger partial charge on any atom is 0.328 e. The monoisotopic (exact) mass is 1040 g/mol. The highest BCUT2D eigenvalue weighted by Crippen LogP contribution is 2.11. The summed E-state index contributed by atoms with van der Waals surface area (Å²) >= 11 is 0. The molecule has 0 bridgehead atoms. The summed E-state index contributed by atoms with van der Waals surface area (Å²) in [6.07, 6.45) is 4.16. The van der Waals surface area contributed by atoms with Crippen LogP contribution < -0.4 is 31.9 Å². The normalized spacial score (nSPS) is 16.2. The SMILES string of the molecule is CN1CCNC(CC(=O)NC(CCCCNC(=O)CCCCCCC(=O)NCCCC[C@H](NC(=O)N[C@@H](CCC(=O)O)C(=O)O)C(=O)O)C(=O)OCc2ccccc2)CN(CC(=O)O)CCN(CC(=O)O)CC1. The molecule has 1 heterocycles. The van der Waals surface area contributed by atoms with Crippen molar-refractivity contribution in [3.8, 4) is 0 Å². The number of esters is 1. The number of hydrogen-bond donors (Lipinski definition) is 11. The first-order valence-corrected chi connectivity index (χ1v) is 24.9. The number of unbranched alkanes of at least 4 members (excludes halogenated alkanes) is 5. The van der Waals surface area contributed by atoms with E-state index in [0.29, 0.717) is 90.6 Å². The number of carboxylic acids is 5. The van der Waals surface area contributed by atoms with Crippen LogP contribution in [0.15, 0.2) is 30.3 Å². The summed E-state index contributed by atoms with van der Waals surface area (Å²) in [7, 11) is 1.91. The maximum absolute atomic E-state index is 13.6. The Morgan fingerprint density at radius 1 is 0.589 bits per heavy atom. The summed E-state index contributed by atoms with van der Waals surface area (Å²) in [5.74, 6) is -7.49. The highest BCUT2D eigenvalue weighted by atomic mass is 16.5. The molecule has 11 N–H and O–H groups in total. The molecule has 2 rings (SSSR count). The van der Waals surface area contributed by atoms with Crippen molar-refractivity contribution in [1.29, 1.82) is 0 Å². The van der Waals surface area contributed by atoms with E-state index in [1.54, 1.807) is 9.80 Å². The van der Waals surface area contributed by atoms with Crippen molar-refractivity contribution in [3.63, 3.8) is 0 Å². The lowest BCUT2D eigenvalue weighted by Gasteiger charge is -2.32. The Labute approximate surface area is 425 Å². The molecular weight excluding hydrogens is 959 g/mol. The summed E-state index contributed by atoms with van der Waals surface area (Å²) in [6.45, 7) is 3.02. The molecule has 410 valence electrons.